The summed E-state index contributed by atoms with van der Waals surface area (Å²) >= 11 is 2.51. The molecule has 2 N–H and O–H groups in total. The minimum absolute atomic E-state index is 0.0650. The molecule has 0 saturated carbocycles. The second kappa shape index (κ2) is 12.8. The quantitative estimate of drug-likeness (QED) is 0.184. The van der Waals surface area contributed by atoms with Gasteiger partial charge in [-0.1, -0.05) is 17.8 Å². The number of nitrogens with zero attached hydrogens (tertiary/aromatic N) is 3. The Morgan fingerprint density at radius 2 is 1.88 bits per heavy atom. The van der Waals surface area contributed by atoms with Crippen LogP contribution in [0.2, 0.25) is 0 Å². The number of ether oxygens (including phenoxy) is 1. The lowest BCUT2D eigenvalue weighted by Crippen LogP contribution is -2.25. The summed E-state index contributed by atoms with van der Waals surface area (Å²) in [6, 6.07) is 10.9. The Morgan fingerprint density at radius 3 is 2.62 bits per heavy atom. The second-order valence-electron chi connectivity index (χ2n) is 9.43. The molecule has 218 valence electrons. The number of carbonyl (C=O) groups excluding carboxylic acids is 3. The van der Waals surface area contributed by atoms with Gasteiger partial charge in [0, 0.05) is 16.1 Å². The van der Waals surface area contributed by atoms with Crippen molar-refractivity contribution >= 4 is 45.9 Å². The predicted molar refractivity (Wildman–Crippen MR) is 155 cm³/mol. The summed E-state index contributed by atoms with van der Waals surface area (Å²) in [6.45, 7) is 3.60. The lowest BCUT2D eigenvalue weighted by Gasteiger charge is -2.14. The summed E-state index contributed by atoms with van der Waals surface area (Å²) in [5.74, 6) is -1.96. The van der Waals surface area contributed by atoms with E-state index in [-0.39, 0.29) is 24.6 Å². The van der Waals surface area contributed by atoms with Crippen molar-refractivity contribution in [2.75, 3.05) is 11.9 Å². The number of hydrogen-bond donors (Lipinski definition) is 2. The van der Waals surface area contributed by atoms with Crippen LogP contribution in [-0.4, -0.2) is 44.4 Å². The number of hydrogen-bond acceptors (Lipinski definition) is 8. The number of amides is 2. The van der Waals surface area contributed by atoms with Gasteiger partial charge in [0.25, 0.3) is 5.91 Å². The lowest BCUT2D eigenvalue weighted by atomic mass is 10.1. The SMILES string of the molecule is CCOC(=O)c1c(NC(=O)[C@@H](C)Sc2nnc(CNC(=O)c3cccc(F)c3)n2-c2ccc(F)cc2)sc2c1CCC2. The highest BCUT2D eigenvalue weighted by Crippen LogP contribution is 2.40. The molecule has 1 atom stereocenters. The number of aryl methyl sites for hydroxylation is 1. The maximum absolute atomic E-state index is 13.7. The van der Waals surface area contributed by atoms with E-state index in [4.69, 9.17) is 4.74 Å². The highest BCUT2D eigenvalue weighted by Gasteiger charge is 2.30. The summed E-state index contributed by atoms with van der Waals surface area (Å²) in [6.07, 6.45) is 2.57. The minimum atomic E-state index is -0.671. The maximum atomic E-state index is 13.7. The molecule has 0 aliphatic heterocycles. The van der Waals surface area contributed by atoms with Crippen LogP contribution in [0.3, 0.4) is 0 Å². The molecule has 4 aromatic rings. The van der Waals surface area contributed by atoms with Gasteiger partial charge >= 0.3 is 5.97 Å². The van der Waals surface area contributed by atoms with E-state index in [0.29, 0.717) is 27.2 Å². The first-order chi connectivity index (χ1) is 20.2. The molecule has 2 heterocycles. The number of halogens is 2. The molecular formula is C29H27F2N5O4S2. The van der Waals surface area contributed by atoms with Gasteiger partial charge < -0.3 is 15.4 Å². The van der Waals surface area contributed by atoms with E-state index < -0.39 is 28.8 Å². The van der Waals surface area contributed by atoms with Crippen LogP contribution in [0.1, 0.15) is 57.2 Å². The van der Waals surface area contributed by atoms with Gasteiger partial charge in [-0.2, -0.15) is 0 Å². The number of anilines is 1. The number of fused-ring (bicyclic) bond motifs is 1. The van der Waals surface area contributed by atoms with Crippen molar-refractivity contribution < 1.29 is 27.9 Å². The molecule has 1 aliphatic carbocycles. The molecule has 13 heteroatoms. The molecule has 0 bridgehead atoms. The number of aromatic nitrogens is 3. The summed E-state index contributed by atoms with van der Waals surface area (Å²) < 4.78 is 34.2. The van der Waals surface area contributed by atoms with E-state index >= 15 is 0 Å². The van der Waals surface area contributed by atoms with Crippen LogP contribution < -0.4 is 10.6 Å². The van der Waals surface area contributed by atoms with Crippen molar-refractivity contribution in [3.63, 3.8) is 0 Å². The minimum Gasteiger partial charge on any atom is -0.462 e. The fourth-order valence-corrected chi connectivity index (χ4v) is 6.74. The largest absolute Gasteiger partial charge is 0.462 e. The van der Waals surface area contributed by atoms with Gasteiger partial charge in [0.05, 0.1) is 24.0 Å². The molecule has 1 aliphatic rings. The zero-order chi connectivity index (χ0) is 29.8. The standard InChI is InChI=1S/C29H27F2N5O4S2/c1-3-40-28(39)24-21-8-5-9-22(21)42-27(24)33-25(37)16(2)41-29-35-34-23(36(29)20-12-10-18(30)11-13-20)15-32-26(38)17-6-4-7-19(31)14-17/h4,6-7,10-14,16H,3,5,8-9,15H2,1-2H3,(H,32,38)(H,33,37)/t16-/m1/s1. The highest BCUT2D eigenvalue weighted by molar-refractivity contribution is 8.00. The zero-order valence-corrected chi connectivity index (χ0v) is 24.4. The van der Waals surface area contributed by atoms with Crippen LogP contribution in [0.15, 0.2) is 53.7 Å². The van der Waals surface area contributed by atoms with Gasteiger partial charge in [0.15, 0.2) is 11.0 Å². The molecule has 2 aromatic carbocycles. The number of benzene rings is 2. The first kappa shape index (κ1) is 29.4. The van der Waals surface area contributed by atoms with Crippen LogP contribution in [0.5, 0.6) is 0 Å². The van der Waals surface area contributed by atoms with Crippen LogP contribution in [0, 0.1) is 11.6 Å². The molecule has 2 amide bonds. The Morgan fingerprint density at radius 1 is 1.10 bits per heavy atom. The van der Waals surface area contributed by atoms with E-state index in [1.54, 1.807) is 18.4 Å². The molecule has 0 saturated heterocycles. The lowest BCUT2D eigenvalue weighted by molar-refractivity contribution is -0.115. The van der Waals surface area contributed by atoms with Crippen molar-refractivity contribution in [2.45, 2.75) is 50.1 Å². The number of esters is 1. The number of carbonyl (C=O) groups is 3. The highest BCUT2D eigenvalue weighted by atomic mass is 32.2. The van der Waals surface area contributed by atoms with Crippen LogP contribution in [0.25, 0.3) is 5.69 Å². The molecule has 0 spiro atoms. The molecule has 5 rings (SSSR count). The van der Waals surface area contributed by atoms with Gasteiger partial charge in [-0.15, -0.1) is 21.5 Å². The van der Waals surface area contributed by atoms with E-state index in [9.17, 15) is 23.2 Å². The topological polar surface area (TPSA) is 115 Å². The third kappa shape index (κ3) is 6.36. The Bertz CT molecular complexity index is 1640. The Hall–Kier alpha value is -4.10. The summed E-state index contributed by atoms with van der Waals surface area (Å²) in [7, 11) is 0. The van der Waals surface area contributed by atoms with Gasteiger partial charge in [-0.3, -0.25) is 14.2 Å². The van der Waals surface area contributed by atoms with Gasteiger partial charge in [0.2, 0.25) is 5.91 Å². The van der Waals surface area contributed by atoms with Gasteiger partial charge in [0.1, 0.15) is 16.6 Å². The van der Waals surface area contributed by atoms with Crippen LogP contribution in [-0.2, 0) is 28.9 Å². The van der Waals surface area contributed by atoms with E-state index in [1.165, 1.54) is 53.8 Å². The molecule has 0 radical (unpaired) electrons. The summed E-state index contributed by atoms with van der Waals surface area (Å²) in [5.41, 5.74) is 2.02. The average molecular weight is 612 g/mol. The normalized spacial score (nSPS) is 13.0. The monoisotopic (exact) mass is 611 g/mol. The fraction of sp³-hybridized carbons (Fsp3) is 0.276. The molecule has 0 unspecified atom stereocenters. The Labute approximate surface area is 248 Å². The fourth-order valence-electron chi connectivity index (χ4n) is 4.57. The van der Waals surface area contributed by atoms with Crippen LogP contribution in [0.4, 0.5) is 13.8 Å². The molecular weight excluding hydrogens is 584 g/mol. The van der Waals surface area contributed by atoms with Crippen molar-refractivity contribution in [1.29, 1.82) is 0 Å². The Kier molecular flexibility index (Phi) is 8.97. The summed E-state index contributed by atoms with van der Waals surface area (Å²) in [5, 5.41) is 14.2. The van der Waals surface area contributed by atoms with Crippen molar-refractivity contribution in [3.05, 3.63) is 87.6 Å². The maximum Gasteiger partial charge on any atom is 0.341 e. The third-order valence-electron chi connectivity index (χ3n) is 6.57. The first-order valence-corrected chi connectivity index (χ1v) is 15.0. The number of rotatable bonds is 10. The smallest absolute Gasteiger partial charge is 0.341 e. The summed E-state index contributed by atoms with van der Waals surface area (Å²) in [4.78, 5) is 39.7. The van der Waals surface area contributed by atoms with Crippen LogP contribution >= 0.6 is 23.1 Å². The first-order valence-electron chi connectivity index (χ1n) is 13.3. The van der Waals surface area contributed by atoms with Crippen molar-refractivity contribution in [2.24, 2.45) is 0 Å². The van der Waals surface area contributed by atoms with Crippen molar-refractivity contribution in [1.82, 2.24) is 20.1 Å². The third-order valence-corrected chi connectivity index (χ3v) is 8.82. The predicted octanol–water partition coefficient (Wildman–Crippen LogP) is 5.32. The number of thiophene rings is 1. The molecule has 42 heavy (non-hydrogen) atoms. The van der Waals surface area contributed by atoms with Gasteiger partial charge in [-0.05, 0) is 81.1 Å². The number of nitrogens with one attached hydrogen (secondary N) is 2. The van der Waals surface area contributed by atoms with Crippen molar-refractivity contribution in [3.8, 4) is 5.69 Å². The Balaban J connectivity index is 1.36. The molecule has 0 fully saturated rings. The van der Waals surface area contributed by atoms with E-state index in [2.05, 4.69) is 20.8 Å². The number of thioether (sulfide) groups is 1. The average Bonchev–Trinajstić information content (AvgIpc) is 3.67. The zero-order valence-electron chi connectivity index (χ0n) is 22.8. The van der Waals surface area contributed by atoms with E-state index in [1.807, 2.05) is 0 Å². The molecule has 9 nitrogen and oxygen atoms in total. The molecule has 2 aromatic heterocycles. The van der Waals surface area contributed by atoms with Gasteiger partial charge in [-0.25, -0.2) is 13.6 Å². The van der Waals surface area contributed by atoms with E-state index in [0.717, 1.165) is 47.5 Å². The second-order valence-corrected chi connectivity index (χ2v) is 11.8.